The maximum Gasteiger partial charge on any atom is 0.249 e. The van der Waals surface area contributed by atoms with E-state index in [9.17, 15) is 4.79 Å². The summed E-state index contributed by atoms with van der Waals surface area (Å²) in [5.74, 6) is 0.898. The second kappa shape index (κ2) is 3.29. The van der Waals surface area contributed by atoms with Crippen molar-refractivity contribution in [2.45, 2.75) is 19.9 Å². The minimum Gasteiger partial charge on any atom is -0.357 e. The number of hydrogen-bond acceptors (Lipinski definition) is 3. The third-order valence-corrected chi connectivity index (χ3v) is 2.38. The molecule has 0 fully saturated rings. The fraction of sp³-hybridized carbons (Fsp3) is 0.400. The van der Waals surface area contributed by atoms with Gasteiger partial charge in [-0.2, -0.15) is 0 Å². The van der Waals surface area contributed by atoms with Crippen LogP contribution in [0.3, 0.4) is 0 Å². The zero-order chi connectivity index (χ0) is 10.1. The van der Waals surface area contributed by atoms with E-state index in [4.69, 9.17) is 0 Å². The first-order valence-corrected chi connectivity index (χ1v) is 4.77. The van der Waals surface area contributed by atoms with Gasteiger partial charge in [-0.3, -0.25) is 4.79 Å². The van der Waals surface area contributed by atoms with Gasteiger partial charge in [0.05, 0.1) is 5.69 Å². The second-order valence-electron chi connectivity index (χ2n) is 3.32. The fourth-order valence-corrected chi connectivity index (χ4v) is 1.67. The van der Waals surface area contributed by atoms with E-state index in [1.807, 2.05) is 26.0 Å². The van der Waals surface area contributed by atoms with E-state index in [1.54, 1.807) is 11.1 Å². The van der Waals surface area contributed by atoms with Gasteiger partial charge in [0.15, 0.2) is 5.82 Å². The molecule has 4 nitrogen and oxygen atoms in total. The number of carbonyl (C=O) groups is 1. The standard InChI is InChI=1S/C10H13N3O/c1-3-13-8-5-4-6-11-9(8)12-7(2)10(13)14/h4-7H,3H2,1-2H3,(H,11,12)/t7-/m0/s1. The summed E-state index contributed by atoms with van der Waals surface area (Å²) in [7, 11) is 0. The highest BCUT2D eigenvalue weighted by Gasteiger charge is 2.28. The van der Waals surface area contributed by atoms with Gasteiger partial charge in [-0.05, 0) is 26.0 Å². The van der Waals surface area contributed by atoms with E-state index in [2.05, 4.69) is 10.3 Å². The Labute approximate surface area is 82.9 Å². The largest absolute Gasteiger partial charge is 0.357 e. The third-order valence-electron chi connectivity index (χ3n) is 2.38. The van der Waals surface area contributed by atoms with Gasteiger partial charge >= 0.3 is 0 Å². The molecule has 0 saturated carbocycles. The minimum atomic E-state index is -0.183. The van der Waals surface area contributed by atoms with Gasteiger partial charge in [0, 0.05) is 12.7 Å². The van der Waals surface area contributed by atoms with E-state index in [0.29, 0.717) is 6.54 Å². The molecule has 2 heterocycles. The van der Waals surface area contributed by atoms with Gasteiger partial charge in [-0.1, -0.05) is 0 Å². The lowest BCUT2D eigenvalue weighted by Crippen LogP contribution is -2.45. The monoisotopic (exact) mass is 191 g/mol. The van der Waals surface area contributed by atoms with E-state index < -0.39 is 0 Å². The van der Waals surface area contributed by atoms with Crippen LogP contribution < -0.4 is 10.2 Å². The van der Waals surface area contributed by atoms with Gasteiger partial charge in [-0.25, -0.2) is 4.98 Å². The number of amides is 1. The Bertz CT molecular complexity index is 364. The molecule has 14 heavy (non-hydrogen) atoms. The highest BCUT2D eigenvalue weighted by molar-refractivity contribution is 6.03. The number of aromatic nitrogens is 1. The number of pyridine rings is 1. The Morgan fingerprint density at radius 1 is 1.64 bits per heavy atom. The molecule has 1 atom stereocenters. The Kier molecular flexibility index (Phi) is 2.11. The van der Waals surface area contributed by atoms with Crippen molar-refractivity contribution in [2.24, 2.45) is 0 Å². The molecule has 1 aromatic heterocycles. The number of carbonyl (C=O) groups excluding carboxylic acids is 1. The van der Waals surface area contributed by atoms with Gasteiger partial charge in [0.25, 0.3) is 0 Å². The zero-order valence-corrected chi connectivity index (χ0v) is 8.32. The summed E-state index contributed by atoms with van der Waals surface area (Å²) in [5.41, 5.74) is 0.873. The maximum atomic E-state index is 11.8. The Morgan fingerprint density at radius 3 is 3.14 bits per heavy atom. The van der Waals surface area contributed by atoms with Gasteiger partial charge in [0.2, 0.25) is 5.91 Å². The normalized spacial score (nSPS) is 20.3. The zero-order valence-electron chi connectivity index (χ0n) is 8.32. The van der Waals surface area contributed by atoms with Crippen LogP contribution in [-0.4, -0.2) is 23.5 Å². The van der Waals surface area contributed by atoms with Crippen molar-refractivity contribution in [3.63, 3.8) is 0 Å². The van der Waals surface area contributed by atoms with Crippen LogP contribution in [0.5, 0.6) is 0 Å². The van der Waals surface area contributed by atoms with Crippen LogP contribution in [0.1, 0.15) is 13.8 Å². The Hall–Kier alpha value is -1.58. The molecule has 0 unspecified atom stereocenters. The quantitative estimate of drug-likeness (QED) is 0.726. The summed E-state index contributed by atoms with van der Waals surface area (Å²) in [5, 5.41) is 3.07. The summed E-state index contributed by atoms with van der Waals surface area (Å²) in [6.07, 6.45) is 1.72. The lowest BCUT2D eigenvalue weighted by atomic mass is 10.2. The molecule has 0 radical (unpaired) electrons. The first-order chi connectivity index (χ1) is 6.74. The van der Waals surface area contributed by atoms with E-state index in [0.717, 1.165) is 11.5 Å². The van der Waals surface area contributed by atoms with Crippen molar-refractivity contribution >= 4 is 17.4 Å². The highest BCUT2D eigenvalue weighted by Crippen LogP contribution is 2.28. The molecule has 4 heteroatoms. The molecular formula is C10H13N3O. The molecule has 0 spiro atoms. The summed E-state index contributed by atoms with van der Waals surface area (Å²) in [6.45, 7) is 4.50. The predicted molar refractivity (Wildman–Crippen MR) is 55.3 cm³/mol. The maximum absolute atomic E-state index is 11.8. The van der Waals surface area contributed by atoms with Crippen molar-refractivity contribution in [3.05, 3.63) is 18.3 Å². The molecule has 0 bridgehead atoms. The molecule has 1 N–H and O–H groups in total. The number of nitrogens with zero attached hydrogens (tertiary/aromatic N) is 2. The van der Waals surface area contributed by atoms with Crippen LogP contribution in [-0.2, 0) is 4.79 Å². The van der Waals surface area contributed by atoms with Crippen LogP contribution in [0, 0.1) is 0 Å². The van der Waals surface area contributed by atoms with Crippen molar-refractivity contribution in [1.82, 2.24) is 4.98 Å². The van der Waals surface area contributed by atoms with Crippen molar-refractivity contribution in [1.29, 1.82) is 0 Å². The van der Waals surface area contributed by atoms with Crippen molar-refractivity contribution in [3.8, 4) is 0 Å². The Morgan fingerprint density at radius 2 is 2.43 bits per heavy atom. The number of rotatable bonds is 1. The average molecular weight is 191 g/mol. The van der Waals surface area contributed by atoms with E-state index in [1.165, 1.54) is 0 Å². The molecular weight excluding hydrogens is 178 g/mol. The van der Waals surface area contributed by atoms with Crippen LogP contribution in [0.2, 0.25) is 0 Å². The lowest BCUT2D eigenvalue weighted by molar-refractivity contribution is -0.119. The minimum absolute atomic E-state index is 0.105. The first-order valence-electron chi connectivity index (χ1n) is 4.77. The summed E-state index contributed by atoms with van der Waals surface area (Å²) in [4.78, 5) is 17.7. The molecule has 1 amide bonds. The van der Waals surface area contributed by atoms with Crippen LogP contribution >= 0.6 is 0 Å². The van der Waals surface area contributed by atoms with E-state index in [-0.39, 0.29) is 11.9 Å². The number of anilines is 2. The average Bonchev–Trinajstić information content (AvgIpc) is 2.20. The SMILES string of the molecule is CCN1C(=O)[C@H](C)Nc2ncccc21. The second-order valence-corrected chi connectivity index (χ2v) is 3.32. The Balaban J connectivity index is 2.47. The topological polar surface area (TPSA) is 45.2 Å². The number of likely N-dealkylation sites (N-methyl/N-ethyl adjacent to an activating group) is 1. The van der Waals surface area contributed by atoms with Gasteiger partial charge < -0.3 is 10.2 Å². The summed E-state index contributed by atoms with van der Waals surface area (Å²) < 4.78 is 0. The molecule has 2 rings (SSSR count). The van der Waals surface area contributed by atoms with Crippen molar-refractivity contribution in [2.75, 3.05) is 16.8 Å². The molecule has 0 aliphatic carbocycles. The fourth-order valence-electron chi connectivity index (χ4n) is 1.67. The molecule has 1 aliphatic heterocycles. The van der Waals surface area contributed by atoms with Crippen LogP contribution in [0.4, 0.5) is 11.5 Å². The van der Waals surface area contributed by atoms with Gasteiger partial charge in [0.1, 0.15) is 6.04 Å². The lowest BCUT2D eigenvalue weighted by Gasteiger charge is -2.32. The molecule has 1 aliphatic rings. The van der Waals surface area contributed by atoms with E-state index >= 15 is 0 Å². The molecule has 74 valence electrons. The van der Waals surface area contributed by atoms with Crippen molar-refractivity contribution < 1.29 is 4.79 Å². The third kappa shape index (κ3) is 1.23. The summed E-state index contributed by atoms with van der Waals surface area (Å²) in [6, 6.07) is 3.56. The number of fused-ring (bicyclic) bond motifs is 1. The number of hydrogen-bond donors (Lipinski definition) is 1. The van der Waals surface area contributed by atoms with Crippen LogP contribution in [0.25, 0.3) is 0 Å². The first kappa shape index (κ1) is 8.99. The van der Waals surface area contributed by atoms with Gasteiger partial charge in [-0.15, -0.1) is 0 Å². The number of nitrogens with one attached hydrogen (secondary N) is 1. The smallest absolute Gasteiger partial charge is 0.249 e. The molecule has 0 aromatic carbocycles. The summed E-state index contributed by atoms with van der Waals surface area (Å²) >= 11 is 0. The molecule has 1 aromatic rings. The molecule has 0 saturated heterocycles. The van der Waals surface area contributed by atoms with Crippen LogP contribution in [0.15, 0.2) is 18.3 Å². The predicted octanol–water partition coefficient (Wildman–Crippen LogP) is 1.25. The highest BCUT2D eigenvalue weighted by atomic mass is 16.2.